The Morgan fingerprint density at radius 2 is 2.20 bits per heavy atom. The first-order chi connectivity index (χ1) is 7.26. The Balaban J connectivity index is 2.13. The number of hydrogen-bond donors (Lipinski definition) is 1. The van der Waals surface area contributed by atoms with Crippen molar-refractivity contribution in [1.82, 2.24) is 15.1 Å². The fourth-order valence-electron chi connectivity index (χ4n) is 1.71. The topological polar surface area (TPSA) is 29.9 Å². The second-order valence-electron chi connectivity index (χ2n) is 4.03. The van der Waals surface area contributed by atoms with Gasteiger partial charge in [-0.05, 0) is 26.2 Å². The Kier molecular flexibility index (Phi) is 3.32. The number of rotatable bonds is 5. The summed E-state index contributed by atoms with van der Waals surface area (Å²) in [6.45, 7) is 5.93. The minimum absolute atomic E-state index is 0.714. The molecule has 3 nitrogen and oxygen atoms in total. The molecule has 0 bridgehead atoms. The average Bonchev–Trinajstić information content (AvgIpc) is 3.01. The van der Waals surface area contributed by atoms with Crippen molar-refractivity contribution in [2.75, 3.05) is 0 Å². The molecule has 84 valence electrons. The molecule has 0 unspecified atom stereocenters. The number of aryl methyl sites for hydroxylation is 2. The third kappa shape index (κ3) is 2.34. The lowest BCUT2D eigenvalue weighted by molar-refractivity contribution is 0.576. The van der Waals surface area contributed by atoms with Crippen LogP contribution in [-0.2, 0) is 19.5 Å². The summed E-state index contributed by atoms with van der Waals surface area (Å²) in [4.78, 5) is 0. The van der Waals surface area contributed by atoms with Gasteiger partial charge in [-0.15, -0.1) is 0 Å². The molecule has 0 saturated heterocycles. The van der Waals surface area contributed by atoms with Crippen molar-refractivity contribution >= 4 is 11.6 Å². The van der Waals surface area contributed by atoms with Crippen molar-refractivity contribution < 1.29 is 0 Å². The minimum atomic E-state index is 0.714. The molecule has 1 N–H and O–H groups in total. The molecule has 1 aliphatic rings. The van der Waals surface area contributed by atoms with Crippen LogP contribution in [0.1, 0.15) is 38.1 Å². The molecule has 1 fully saturated rings. The van der Waals surface area contributed by atoms with Gasteiger partial charge in [0.15, 0.2) is 0 Å². The van der Waals surface area contributed by atoms with Gasteiger partial charge >= 0.3 is 0 Å². The van der Waals surface area contributed by atoms with Crippen LogP contribution in [0.15, 0.2) is 0 Å². The number of aromatic nitrogens is 2. The summed E-state index contributed by atoms with van der Waals surface area (Å²) in [6, 6.07) is 0.714. The lowest BCUT2D eigenvalue weighted by Gasteiger charge is -2.05. The third-order valence-corrected chi connectivity index (χ3v) is 3.27. The van der Waals surface area contributed by atoms with Crippen LogP contribution in [0.3, 0.4) is 0 Å². The minimum Gasteiger partial charge on any atom is -0.308 e. The van der Waals surface area contributed by atoms with E-state index >= 15 is 0 Å². The van der Waals surface area contributed by atoms with Gasteiger partial charge in [-0.25, -0.2) is 0 Å². The lowest BCUT2D eigenvalue weighted by Crippen LogP contribution is -2.18. The molecule has 0 radical (unpaired) electrons. The highest BCUT2D eigenvalue weighted by molar-refractivity contribution is 6.31. The standard InChI is InChI=1S/C11H18ClN3/c1-3-9-11(12)10(15(4-2)14-9)7-13-8-5-6-8/h8,13H,3-7H2,1-2H3. The van der Waals surface area contributed by atoms with Crippen LogP contribution in [-0.4, -0.2) is 15.8 Å². The maximum Gasteiger partial charge on any atom is 0.0863 e. The van der Waals surface area contributed by atoms with Gasteiger partial charge in [0, 0.05) is 19.1 Å². The Morgan fingerprint density at radius 1 is 1.47 bits per heavy atom. The molecule has 1 saturated carbocycles. The fraction of sp³-hybridized carbons (Fsp3) is 0.727. The Morgan fingerprint density at radius 3 is 2.73 bits per heavy atom. The summed E-state index contributed by atoms with van der Waals surface area (Å²) in [5, 5.41) is 8.82. The molecule has 0 atom stereocenters. The van der Waals surface area contributed by atoms with Gasteiger partial charge < -0.3 is 5.32 Å². The van der Waals surface area contributed by atoms with Crippen LogP contribution in [0.25, 0.3) is 0 Å². The largest absolute Gasteiger partial charge is 0.308 e. The van der Waals surface area contributed by atoms with Crippen LogP contribution in [0.5, 0.6) is 0 Å². The van der Waals surface area contributed by atoms with Crippen LogP contribution in [0, 0.1) is 0 Å². The number of hydrogen-bond acceptors (Lipinski definition) is 2. The first-order valence-corrected chi connectivity index (χ1v) is 6.11. The first-order valence-electron chi connectivity index (χ1n) is 5.73. The molecule has 4 heteroatoms. The van der Waals surface area contributed by atoms with Crippen molar-refractivity contribution in [3.63, 3.8) is 0 Å². The number of nitrogens with zero attached hydrogens (tertiary/aromatic N) is 2. The van der Waals surface area contributed by atoms with Gasteiger partial charge in [-0.2, -0.15) is 5.10 Å². The number of halogens is 1. The van der Waals surface area contributed by atoms with E-state index in [1.165, 1.54) is 12.8 Å². The van der Waals surface area contributed by atoms with E-state index in [1.54, 1.807) is 0 Å². The molecule has 1 aliphatic carbocycles. The van der Waals surface area contributed by atoms with Crippen LogP contribution in [0.4, 0.5) is 0 Å². The van der Waals surface area contributed by atoms with E-state index in [2.05, 4.69) is 24.3 Å². The summed E-state index contributed by atoms with van der Waals surface area (Å²) in [7, 11) is 0. The predicted octanol–water partition coefficient (Wildman–Crippen LogP) is 2.37. The van der Waals surface area contributed by atoms with Crippen LogP contribution in [0.2, 0.25) is 5.02 Å². The summed E-state index contributed by atoms with van der Waals surface area (Å²) in [6.07, 6.45) is 3.51. The SMILES string of the molecule is CCc1nn(CC)c(CNC2CC2)c1Cl. The van der Waals surface area contributed by atoms with Gasteiger partial charge in [0.1, 0.15) is 0 Å². The summed E-state index contributed by atoms with van der Waals surface area (Å²) >= 11 is 6.29. The smallest absolute Gasteiger partial charge is 0.0863 e. The Labute approximate surface area is 95.8 Å². The highest BCUT2D eigenvalue weighted by atomic mass is 35.5. The molecule has 0 spiro atoms. The fourth-order valence-corrected chi connectivity index (χ4v) is 2.05. The maximum atomic E-state index is 6.29. The second-order valence-corrected chi connectivity index (χ2v) is 4.41. The van der Waals surface area contributed by atoms with E-state index in [0.717, 1.165) is 35.9 Å². The Bertz CT molecular complexity index is 342. The van der Waals surface area contributed by atoms with Gasteiger partial charge in [-0.1, -0.05) is 18.5 Å². The molecule has 0 aromatic carbocycles. The van der Waals surface area contributed by atoms with Gasteiger partial charge in [-0.3, -0.25) is 4.68 Å². The molecule has 1 aromatic rings. The second kappa shape index (κ2) is 4.54. The zero-order valence-electron chi connectivity index (χ0n) is 9.39. The maximum absolute atomic E-state index is 6.29. The summed E-state index contributed by atoms with van der Waals surface area (Å²) < 4.78 is 2.01. The number of nitrogens with one attached hydrogen (secondary N) is 1. The van der Waals surface area contributed by atoms with Crippen molar-refractivity contribution in [2.45, 2.75) is 52.2 Å². The molecule has 1 aromatic heterocycles. The average molecular weight is 228 g/mol. The van der Waals surface area contributed by atoms with E-state index < -0.39 is 0 Å². The monoisotopic (exact) mass is 227 g/mol. The molecule has 2 rings (SSSR count). The van der Waals surface area contributed by atoms with Crippen LogP contribution >= 0.6 is 11.6 Å². The van der Waals surface area contributed by atoms with Crippen LogP contribution < -0.4 is 5.32 Å². The van der Waals surface area contributed by atoms with E-state index in [9.17, 15) is 0 Å². The normalized spacial score (nSPS) is 15.9. The predicted molar refractivity (Wildman–Crippen MR) is 62.2 cm³/mol. The van der Waals surface area contributed by atoms with E-state index in [1.807, 2.05) is 4.68 Å². The Hall–Kier alpha value is -0.540. The van der Waals surface area contributed by atoms with Crippen molar-refractivity contribution in [3.8, 4) is 0 Å². The zero-order chi connectivity index (χ0) is 10.8. The van der Waals surface area contributed by atoms with Crippen molar-refractivity contribution in [2.24, 2.45) is 0 Å². The summed E-state index contributed by atoms with van der Waals surface area (Å²) in [5.41, 5.74) is 2.16. The highest BCUT2D eigenvalue weighted by Gasteiger charge is 2.22. The molecule has 0 aliphatic heterocycles. The highest BCUT2D eigenvalue weighted by Crippen LogP contribution is 2.24. The first kappa shape index (κ1) is 11.0. The van der Waals surface area contributed by atoms with Gasteiger partial charge in [0.25, 0.3) is 0 Å². The molecular formula is C11H18ClN3. The van der Waals surface area contributed by atoms with E-state index in [-0.39, 0.29) is 0 Å². The van der Waals surface area contributed by atoms with Crippen molar-refractivity contribution in [3.05, 3.63) is 16.4 Å². The molecule has 1 heterocycles. The van der Waals surface area contributed by atoms with Crippen molar-refractivity contribution in [1.29, 1.82) is 0 Å². The van der Waals surface area contributed by atoms with E-state index in [0.29, 0.717) is 6.04 Å². The third-order valence-electron chi connectivity index (χ3n) is 2.83. The molecule has 15 heavy (non-hydrogen) atoms. The molecule has 0 amide bonds. The molecular weight excluding hydrogens is 210 g/mol. The van der Waals surface area contributed by atoms with Gasteiger partial charge in [0.05, 0.1) is 16.4 Å². The van der Waals surface area contributed by atoms with E-state index in [4.69, 9.17) is 11.6 Å². The van der Waals surface area contributed by atoms with Gasteiger partial charge in [0.2, 0.25) is 0 Å². The zero-order valence-corrected chi connectivity index (χ0v) is 10.1. The summed E-state index contributed by atoms with van der Waals surface area (Å²) in [5.74, 6) is 0. The quantitative estimate of drug-likeness (QED) is 0.837. The lowest BCUT2D eigenvalue weighted by atomic mass is 10.3.